The maximum absolute atomic E-state index is 12.6. The molecule has 0 spiro atoms. The van der Waals surface area contributed by atoms with Crippen molar-refractivity contribution in [2.24, 2.45) is 0 Å². The zero-order valence-electron chi connectivity index (χ0n) is 22.9. The van der Waals surface area contributed by atoms with Crippen molar-refractivity contribution >= 4 is 16.9 Å². The number of carbonyl (C=O) groups excluding carboxylic acids is 1. The maximum Gasteiger partial charge on any atom is 0.224 e. The molecule has 4 rings (SSSR count). The lowest BCUT2D eigenvalue weighted by molar-refractivity contribution is -0.120. The van der Waals surface area contributed by atoms with Crippen LogP contribution in [-0.2, 0) is 24.2 Å². The van der Waals surface area contributed by atoms with E-state index < -0.39 is 0 Å². The van der Waals surface area contributed by atoms with E-state index in [0.717, 1.165) is 28.2 Å². The van der Waals surface area contributed by atoms with Crippen molar-refractivity contribution in [1.82, 2.24) is 14.9 Å². The van der Waals surface area contributed by atoms with Gasteiger partial charge in [-0.2, -0.15) is 0 Å². The Hall–Kier alpha value is -4.00. The van der Waals surface area contributed by atoms with Gasteiger partial charge in [-0.05, 0) is 59.9 Å². The second kappa shape index (κ2) is 12.5. The summed E-state index contributed by atoms with van der Waals surface area (Å²) < 4.78 is 19.1. The van der Waals surface area contributed by atoms with Gasteiger partial charge in [-0.1, -0.05) is 44.2 Å². The fourth-order valence-corrected chi connectivity index (χ4v) is 4.61. The lowest BCUT2D eigenvalue weighted by Crippen LogP contribution is -2.28. The van der Waals surface area contributed by atoms with Crippen LogP contribution in [0.3, 0.4) is 0 Å². The highest BCUT2D eigenvalue weighted by Gasteiger charge is 2.13. The van der Waals surface area contributed by atoms with Gasteiger partial charge in [0.15, 0.2) is 11.5 Å². The van der Waals surface area contributed by atoms with Gasteiger partial charge in [0.05, 0.1) is 38.2 Å². The molecule has 0 saturated carbocycles. The Morgan fingerprint density at radius 3 is 2.53 bits per heavy atom. The van der Waals surface area contributed by atoms with Crippen LogP contribution in [0.5, 0.6) is 17.2 Å². The number of nitrogens with zero attached hydrogens (tertiary/aromatic N) is 2. The molecular weight excluding hydrogens is 478 g/mol. The number of hydrogen-bond donors (Lipinski definition) is 1. The van der Waals surface area contributed by atoms with E-state index in [2.05, 4.69) is 54.9 Å². The third kappa shape index (κ3) is 6.46. The van der Waals surface area contributed by atoms with Crippen LogP contribution in [0.1, 0.15) is 42.3 Å². The lowest BCUT2D eigenvalue weighted by atomic mass is 10.0. The van der Waals surface area contributed by atoms with Crippen LogP contribution in [-0.4, -0.2) is 42.8 Å². The molecule has 1 N–H and O–H groups in total. The smallest absolute Gasteiger partial charge is 0.224 e. The van der Waals surface area contributed by atoms with Gasteiger partial charge in [-0.3, -0.25) is 4.79 Å². The van der Waals surface area contributed by atoms with Gasteiger partial charge in [0.2, 0.25) is 5.91 Å². The summed E-state index contributed by atoms with van der Waals surface area (Å²) >= 11 is 0. The molecule has 1 aromatic heterocycles. The number of methoxy groups -OCH3 is 2. The summed E-state index contributed by atoms with van der Waals surface area (Å²) in [6.07, 6.45) is 0.882. The topological polar surface area (TPSA) is 74.6 Å². The van der Waals surface area contributed by atoms with Crippen LogP contribution in [0.2, 0.25) is 0 Å². The molecule has 1 heterocycles. The molecule has 0 radical (unpaired) electrons. The van der Waals surface area contributed by atoms with Gasteiger partial charge in [0.25, 0.3) is 0 Å². The van der Waals surface area contributed by atoms with E-state index in [4.69, 9.17) is 19.2 Å². The summed E-state index contributed by atoms with van der Waals surface area (Å²) in [6.45, 7) is 8.13. The minimum absolute atomic E-state index is 0.0520. The van der Waals surface area contributed by atoms with Crippen LogP contribution < -0.4 is 19.5 Å². The summed E-state index contributed by atoms with van der Waals surface area (Å²) in [5.74, 6) is 3.45. The Balaban J connectivity index is 1.39. The van der Waals surface area contributed by atoms with Crippen molar-refractivity contribution in [2.75, 3.05) is 27.4 Å². The molecule has 0 bridgehead atoms. The molecule has 0 saturated heterocycles. The van der Waals surface area contributed by atoms with Gasteiger partial charge >= 0.3 is 0 Å². The van der Waals surface area contributed by atoms with Crippen molar-refractivity contribution in [3.8, 4) is 17.2 Å². The van der Waals surface area contributed by atoms with Gasteiger partial charge in [-0.15, -0.1) is 0 Å². The van der Waals surface area contributed by atoms with E-state index in [-0.39, 0.29) is 12.3 Å². The van der Waals surface area contributed by atoms with E-state index >= 15 is 0 Å². The Bertz CT molecular complexity index is 1390. The Morgan fingerprint density at radius 1 is 0.974 bits per heavy atom. The molecule has 7 heteroatoms. The highest BCUT2D eigenvalue weighted by atomic mass is 16.5. The number of ether oxygens (including phenoxy) is 3. The molecule has 1 amide bonds. The maximum atomic E-state index is 12.6. The molecule has 7 nitrogen and oxygen atoms in total. The van der Waals surface area contributed by atoms with Crippen molar-refractivity contribution < 1.29 is 19.0 Å². The number of aryl methyl sites for hydroxylation is 1. The van der Waals surface area contributed by atoms with Crippen LogP contribution in [0, 0.1) is 6.92 Å². The molecule has 0 aliphatic carbocycles. The summed E-state index contributed by atoms with van der Waals surface area (Å²) in [4.78, 5) is 17.5. The SMILES string of the molecule is COc1ccc(CC(=O)NCCc2nc3ccccc3n2CCOc2cc(C)ccc2C(C)C)cc1OC. The average Bonchev–Trinajstić information content (AvgIpc) is 3.25. The zero-order valence-corrected chi connectivity index (χ0v) is 22.9. The molecule has 4 aromatic rings. The molecule has 0 fully saturated rings. The minimum Gasteiger partial charge on any atom is -0.493 e. The van der Waals surface area contributed by atoms with E-state index in [1.165, 1.54) is 11.1 Å². The number of para-hydroxylation sites is 2. The first-order chi connectivity index (χ1) is 18.4. The molecular formula is C31H37N3O4. The molecule has 0 unspecified atom stereocenters. The Kier molecular flexibility index (Phi) is 8.89. The van der Waals surface area contributed by atoms with Crippen LogP contribution >= 0.6 is 0 Å². The van der Waals surface area contributed by atoms with Crippen LogP contribution in [0.15, 0.2) is 60.7 Å². The number of benzene rings is 3. The zero-order chi connectivity index (χ0) is 27.1. The molecule has 0 aliphatic rings. The monoisotopic (exact) mass is 515 g/mol. The number of carbonyl (C=O) groups is 1. The fraction of sp³-hybridized carbons (Fsp3) is 0.355. The number of fused-ring (bicyclic) bond motifs is 1. The van der Waals surface area contributed by atoms with Crippen molar-refractivity contribution in [2.45, 2.75) is 46.1 Å². The van der Waals surface area contributed by atoms with Gasteiger partial charge in [0.1, 0.15) is 18.2 Å². The fourth-order valence-electron chi connectivity index (χ4n) is 4.61. The minimum atomic E-state index is -0.0520. The highest BCUT2D eigenvalue weighted by Crippen LogP contribution is 2.28. The Labute approximate surface area is 224 Å². The van der Waals surface area contributed by atoms with E-state index in [1.807, 2.05) is 36.4 Å². The normalized spacial score (nSPS) is 11.1. The Morgan fingerprint density at radius 2 is 1.76 bits per heavy atom. The number of nitrogens with one attached hydrogen (secondary N) is 1. The molecule has 0 atom stereocenters. The number of rotatable bonds is 12. The van der Waals surface area contributed by atoms with Crippen molar-refractivity contribution in [1.29, 1.82) is 0 Å². The first-order valence-electron chi connectivity index (χ1n) is 13.0. The molecule has 3 aromatic carbocycles. The first kappa shape index (κ1) is 27.0. The predicted octanol–water partition coefficient (Wildman–Crippen LogP) is 5.47. The van der Waals surface area contributed by atoms with E-state index in [1.54, 1.807) is 14.2 Å². The van der Waals surface area contributed by atoms with Crippen molar-refractivity contribution in [3.63, 3.8) is 0 Å². The van der Waals surface area contributed by atoms with Crippen molar-refractivity contribution in [3.05, 3.63) is 83.2 Å². The van der Waals surface area contributed by atoms with Crippen LogP contribution in [0.25, 0.3) is 11.0 Å². The predicted molar refractivity (Wildman–Crippen MR) is 150 cm³/mol. The number of imidazole rings is 1. The molecule has 200 valence electrons. The number of hydrogen-bond acceptors (Lipinski definition) is 5. The molecule has 0 aliphatic heterocycles. The summed E-state index contributed by atoms with van der Waals surface area (Å²) in [5.41, 5.74) is 5.26. The highest BCUT2D eigenvalue weighted by molar-refractivity contribution is 5.79. The third-order valence-corrected chi connectivity index (χ3v) is 6.58. The standard InChI is InChI=1S/C31H37N3O4/c1-21(2)24-12-10-22(3)18-28(24)38-17-16-34-26-9-7-6-8-25(26)33-30(34)14-15-32-31(35)20-23-11-13-27(36-4)29(19-23)37-5/h6-13,18-19,21H,14-17,20H2,1-5H3,(H,32,35). The van der Waals surface area contributed by atoms with Gasteiger partial charge in [-0.25, -0.2) is 4.98 Å². The molecule has 38 heavy (non-hydrogen) atoms. The van der Waals surface area contributed by atoms with Gasteiger partial charge in [0, 0.05) is 13.0 Å². The lowest BCUT2D eigenvalue weighted by Gasteiger charge is -2.16. The summed E-state index contributed by atoms with van der Waals surface area (Å²) in [6, 6.07) is 20.0. The third-order valence-electron chi connectivity index (χ3n) is 6.58. The van der Waals surface area contributed by atoms with E-state index in [9.17, 15) is 4.79 Å². The second-order valence-corrected chi connectivity index (χ2v) is 9.68. The van der Waals surface area contributed by atoms with Crippen LogP contribution in [0.4, 0.5) is 0 Å². The quantitative estimate of drug-likeness (QED) is 0.271. The number of amides is 1. The van der Waals surface area contributed by atoms with Gasteiger partial charge < -0.3 is 24.1 Å². The number of aromatic nitrogens is 2. The van der Waals surface area contributed by atoms with E-state index in [0.29, 0.717) is 43.5 Å². The first-order valence-corrected chi connectivity index (χ1v) is 13.0. The second-order valence-electron chi connectivity index (χ2n) is 9.68. The average molecular weight is 516 g/mol. The summed E-state index contributed by atoms with van der Waals surface area (Å²) in [5, 5.41) is 3.03. The summed E-state index contributed by atoms with van der Waals surface area (Å²) in [7, 11) is 3.18. The largest absolute Gasteiger partial charge is 0.493 e.